The molecule has 0 aliphatic rings. The minimum absolute atomic E-state index is 0.0346. The molecule has 130 valence electrons. The average molecular weight is 413 g/mol. The van der Waals surface area contributed by atoms with Gasteiger partial charge >= 0.3 is 12.1 Å². The van der Waals surface area contributed by atoms with Crippen molar-refractivity contribution >= 4 is 21.9 Å². The van der Waals surface area contributed by atoms with Crippen LogP contribution in [-0.4, -0.2) is 18.1 Å². The van der Waals surface area contributed by atoms with E-state index in [4.69, 9.17) is 5.26 Å². The number of benzene rings is 1. The molecule has 0 fully saturated rings. The quantitative estimate of drug-likeness (QED) is 0.702. The minimum Gasteiger partial charge on any atom is -0.465 e. The highest BCUT2D eigenvalue weighted by Crippen LogP contribution is 2.36. The Morgan fingerprint density at radius 1 is 1.28 bits per heavy atom. The maximum absolute atomic E-state index is 12.9. The SMILES string of the molecule is COC(=O)c1cncc(CCc2cc(Br)c(C(F)(F)F)cc2C#N)c1. The van der Waals surface area contributed by atoms with Crippen LogP contribution in [0, 0.1) is 11.3 Å². The second kappa shape index (κ2) is 7.66. The molecule has 0 N–H and O–H groups in total. The number of nitrogens with zero attached hydrogens (tertiary/aromatic N) is 2. The lowest BCUT2D eigenvalue weighted by Crippen LogP contribution is -2.08. The summed E-state index contributed by atoms with van der Waals surface area (Å²) < 4.78 is 43.2. The Kier molecular flexibility index (Phi) is 5.80. The first-order valence-corrected chi connectivity index (χ1v) is 7.87. The van der Waals surface area contributed by atoms with Gasteiger partial charge in [-0.05, 0) is 42.2 Å². The molecule has 0 aliphatic heterocycles. The molecular formula is C17H12BrF3N2O2. The summed E-state index contributed by atoms with van der Waals surface area (Å²) in [6, 6.07) is 5.54. The number of carbonyl (C=O) groups is 1. The van der Waals surface area contributed by atoms with Crippen molar-refractivity contribution in [3.05, 3.63) is 62.9 Å². The van der Waals surface area contributed by atoms with Gasteiger partial charge in [0.25, 0.3) is 0 Å². The second-order valence-corrected chi connectivity index (χ2v) is 6.03. The third-order valence-corrected chi connectivity index (χ3v) is 4.17. The molecule has 8 heteroatoms. The average Bonchev–Trinajstić information content (AvgIpc) is 2.58. The molecule has 0 saturated carbocycles. The summed E-state index contributed by atoms with van der Waals surface area (Å²) in [6.45, 7) is 0. The molecule has 25 heavy (non-hydrogen) atoms. The summed E-state index contributed by atoms with van der Waals surface area (Å²) in [6.07, 6.45) is -0.889. The van der Waals surface area contributed by atoms with Gasteiger partial charge in [0.2, 0.25) is 0 Å². The Hall–Kier alpha value is -2.40. The summed E-state index contributed by atoms with van der Waals surface area (Å²) in [5.41, 5.74) is 0.553. The van der Waals surface area contributed by atoms with E-state index in [9.17, 15) is 18.0 Å². The Labute approximate surface area is 150 Å². The number of halogens is 4. The topological polar surface area (TPSA) is 63.0 Å². The zero-order chi connectivity index (χ0) is 18.6. The van der Waals surface area contributed by atoms with Crippen molar-refractivity contribution in [2.24, 2.45) is 0 Å². The number of aromatic nitrogens is 1. The number of hydrogen-bond donors (Lipinski definition) is 0. The van der Waals surface area contributed by atoms with Crippen molar-refractivity contribution in [3.63, 3.8) is 0 Å². The third kappa shape index (κ3) is 4.57. The number of aryl methyl sites for hydroxylation is 2. The lowest BCUT2D eigenvalue weighted by molar-refractivity contribution is -0.138. The fourth-order valence-corrected chi connectivity index (χ4v) is 2.89. The van der Waals surface area contributed by atoms with Crippen molar-refractivity contribution in [2.45, 2.75) is 19.0 Å². The third-order valence-electron chi connectivity index (χ3n) is 3.52. The normalized spacial score (nSPS) is 11.0. The van der Waals surface area contributed by atoms with Crippen LogP contribution in [0.15, 0.2) is 35.1 Å². The lowest BCUT2D eigenvalue weighted by Gasteiger charge is -2.12. The molecule has 2 rings (SSSR count). The molecule has 1 aromatic carbocycles. The Balaban J connectivity index is 2.26. The van der Waals surface area contributed by atoms with Gasteiger partial charge in [-0.15, -0.1) is 0 Å². The van der Waals surface area contributed by atoms with Crippen LogP contribution in [0.2, 0.25) is 0 Å². The first-order chi connectivity index (χ1) is 11.8. The van der Waals surface area contributed by atoms with Gasteiger partial charge in [-0.3, -0.25) is 4.98 Å². The molecule has 0 atom stereocenters. The highest BCUT2D eigenvalue weighted by Gasteiger charge is 2.33. The number of methoxy groups -OCH3 is 1. The zero-order valence-electron chi connectivity index (χ0n) is 13.0. The van der Waals surface area contributed by atoms with E-state index in [0.29, 0.717) is 24.0 Å². The first-order valence-electron chi connectivity index (χ1n) is 7.08. The molecule has 0 spiro atoms. The van der Waals surface area contributed by atoms with E-state index < -0.39 is 17.7 Å². The van der Waals surface area contributed by atoms with Crippen LogP contribution in [0.1, 0.15) is 32.6 Å². The van der Waals surface area contributed by atoms with E-state index in [0.717, 1.165) is 6.07 Å². The number of pyridine rings is 1. The molecule has 0 amide bonds. The summed E-state index contributed by atoms with van der Waals surface area (Å²) in [4.78, 5) is 15.4. The summed E-state index contributed by atoms with van der Waals surface area (Å²) >= 11 is 2.91. The van der Waals surface area contributed by atoms with E-state index in [-0.39, 0.29) is 15.6 Å². The standard InChI is InChI=1S/C17H12BrF3N2O2/c1-25-16(24)13-4-10(8-23-9-13)2-3-11-6-15(18)14(17(19,20)21)5-12(11)7-22/h4-6,8-9H,2-3H2,1H3. The van der Waals surface area contributed by atoms with E-state index in [1.807, 2.05) is 0 Å². The summed E-state index contributed by atoms with van der Waals surface area (Å²) in [7, 11) is 1.26. The Bertz CT molecular complexity index is 845. The van der Waals surface area contributed by atoms with Gasteiger partial charge < -0.3 is 4.74 Å². The molecule has 1 heterocycles. The number of carbonyl (C=O) groups excluding carboxylic acids is 1. The van der Waals surface area contributed by atoms with Crippen molar-refractivity contribution in [3.8, 4) is 6.07 Å². The fraction of sp³-hybridized carbons (Fsp3) is 0.235. The molecule has 0 saturated heterocycles. The maximum atomic E-state index is 12.9. The largest absolute Gasteiger partial charge is 0.465 e. The number of nitriles is 1. The van der Waals surface area contributed by atoms with Crippen LogP contribution in [0.3, 0.4) is 0 Å². The second-order valence-electron chi connectivity index (χ2n) is 5.17. The molecule has 4 nitrogen and oxygen atoms in total. The van der Waals surface area contributed by atoms with Crippen LogP contribution in [-0.2, 0) is 23.8 Å². The predicted molar refractivity (Wildman–Crippen MR) is 86.8 cm³/mol. The highest BCUT2D eigenvalue weighted by molar-refractivity contribution is 9.10. The summed E-state index contributed by atoms with van der Waals surface area (Å²) in [5.74, 6) is -0.524. The number of hydrogen-bond acceptors (Lipinski definition) is 4. The highest BCUT2D eigenvalue weighted by atomic mass is 79.9. The van der Waals surface area contributed by atoms with Gasteiger partial charge in [0.1, 0.15) is 0 Å². The zero-order valence-corrected chi connectivity index (χ0v) is 14.6. The number of esters is 1. The van der Waals surface area contributed by atoms with Crippen LogP contribution in [0.4, 0.5) is 13.2 Å². The van der Waals surface area contributed by atoms with Gasteiger partial charge in [0.15, 0.2) is 0 Å². The van der Waals surface area contributed by atoms with E-state index in [2.05, 4.69) is 25.7 Å². The summed E-state index contributed by atoms with van der Waals surface area (Å²) in [5, 5.41) is 9.14. The van der Waals surface area contributed by atoms with Crippen LogP contribution in [0.25, 0.3) is 0 Å². The van der Waals surface area contributed by atoms with Crippen molar-refractivity contribution in [1.29, 1.82) is 5.26 Å². The molecule has 1 aromatic heterocycles. The minimum atomic E-state index is -4.54. The lowest BCUT2D eigenvalue weighted by atomic mass is 9.98. The monoisotopic (exact) mass is 412 g/mol. The molecule has 2 aromatic rings. The van der Waals surface area contributed by atoms with E-state index >= 15 is 0 Å². The molecular weight excluding hydrogens is 401 g/mol. The van der Waals surface area contributed by atoms with Crippen molar-refractivity contribution in [1.82, 2.24) is 4.98 Å². The number of rotatable bonds is 4. The predicted octanol–water partition coefficient (Wildman–Crippen LogP) is 4.31. The van der Waals surface area contributed by atoms with Gasteiger partial charge in [-0.1, -0.05) is 15.9 Å². The first kappa shape index (κ1) is 18.9. The van der Waals surface area contributed by atoms with Gasteiger partial charge in [0, 0.05) is 16.9 Å². The van der Waals surface area contributed by atoms with E-state index in [1.165, 1.54) is 19.4 Å². The van der Waals surface area contributed by atoms with Crippen LogP contribution >= 0.6 is 15.9 Å². The molecule has 0 unspecified atom stereocenters. The molecule has 0 radical (unpaired) electrons. The Morgan fingerprint density at radius 2 is 2.00 bits per heavy atom. The molecule has 0 aliphatic carbocycles. The van der Waals surface area contributed by atoms with Gasteiger partial charge in [-0.2, -0.15) is 18.4 Å². The number of alkyl halides is 3. The van der Waals surface area contributed by atoms with Gasteiger partial charge in [0.05, 0.1) is 29.9 Å². The van der Waals surface area contributed by atoms with Crippen molar-refractivity contribution in [2.75, 3.05) is 7.11 Å². The van der Waals surface area contributed by atoms with Crippen LogP contribution in [0.5, 0.6) is 0 Å². The van der Waals surface area contributed by atoms with E-state index in [1.54, 1.807) is 18.3 Å². The smallest absolute Gasteiger partial charge is 0.417 e. The van der Waals surface area contributed by atoms with Crippen molar-refractivity contribution < 1.29 is 22.7 Å². The van der Waals surface area contributed by atoms with Crippen LogP contribution < -0.4 is 0 Å². The molecule has 0 bridgehead atoms. The number of ether oxygens (including phenoxy) is 1. The fourth-order valence-electron chi connectivity index (χ4n) is 2.28. The van der Waals surface area contributed by atoms with Gasteiger partial charge in [-0.25, -0.2) is 4.79 Å². The Morgan fingerprint density at radius 3 is 2.60 bits per heavy atom. The maximum Gasteiger partial charge on any atom is 0.417 e.